The van der Waals surface area contributed by atoms with E-state index in [9.17, 15) is 19.0 Å². The molecule has 0 aromatic rings. The van der Waals surface area contributed by atoms with Crippen molar-refractivity contribution in [3.05, 3.63) is 36.5 Å². The Balaban J connectivity index is 3.85. The summed E-state index contributed by atoms with van der Waals surface area (Å²) in [7, 11) is -4.39. The number of esters is 2. The van der Waals surface area contributed by atoms with Crippen LogP contribution < -0.4 is 5.73 Å². The molecule has 0 rings (SSSR count). The Hall–Kier alpha value is -1.77. The molecule has 0 aromatic heterocycles. The third-order valence-corrected chi connectivity index (χ3v) is 16.0. The average molecular weight is 1110 g/mol. The van der Waals surface area contributed by atoms with Gasteiger partial charge in [0.2, 0.25) is 0 Å². The first-order valence-corrected chi connectivity index (χ1v) is 35.0. The van der Waals surface area contributed by atoms with Crippen LogP contribution in [0.1, 0.15) is 348 Å². The van der Waals surface area contributed by atoms with Gasteiger partial charge in [-0.15, -0.1) is 0 Å². The molecule has 10 heteroatoms. The first kappa shape index (κ1) is 75.2. The van der Waals surface area contributed by atoms with Gasteiger partial charge < -0.3 is 20.1 Å². The van der Waals surface area contributed by atoms with Crippen molar-refractivity contribution in [2.75, 3.05) is 26.4 Å². The maximum atomic E-state index is 12.7. The van der Waals surface area contributed by atoms with Gasteiger partial charge in [-0.3, -0.25) is 18.6 Å². The van der Waals surface area contributed by atoms with Crippen LogP contribution in [0, 0.1) is 0 Å². The molecule has 454 valence electrons. The van der Waals surface area contributed by atoms with Crippen molar-refractivity contribution in [3.8, 4) is 0 Å². The van der Waals surface area contributed by atoms with Crippen LogP contribution in [0.5, 0.6) is 0 Å². The van der Waals surface area contributed by atoms with Gasteiger partial charge in [0.1, 0.15) is 6.61 Å². The zero-order valence-corrected chi connectivity index (χ0v) is 51.9. The lowest BCUT2D eigenvalue weighted by atomic mass is 10.0. The molecule has 0 saturated heterocycles. The number of allylic oxidation sites excluding steroid dienone is 6. The van der Waals surface area contributed by atoms with E-state index in [1.165, 1.54) is 263 Å². The SMILES string of the molecule is CCCCCCC/C=C\C/C=C\C/C=C\CCCCCCCCCCCCC(=O)OC(COC(=O)CCCCCCCCCCCCCCCCCCCCCCCCCCCCCCCCC)COP(=O)(O)OCCN. The lowest BCUT2D eigenvalue weighted by Gasteiger charge is -2.19. The number of nitrogens with two attached hydrogens (primary N) is 1. The average Bonchev–Trinajstić information content (AvgIpc) is 3.42. The molecule has 3 N–H and O–H groups in total. The van der Waals surface area contributed by atoms with Gasteiger partial charge in [0.25, 0.3) is 0 Å². The number of phosphoric ester groups is 1. The van der Waals surface area contributed by atoms with E-state index >= 15 is 0 Å². The Morgan fingerprint density at radius 2 is 0.675 bits per heavy atom. The number of unbranched alkanes of at least 4 members (excludes halogenated alkanes) is 45. The predicted octanol–water partition coefficient (Wildman–Crippen LogP) is 21.5. The Kier molecular flexibility index (Phi) is 62.0. The minimum absolute atomic E-state index is 0.0541. The van der Waals surface area contributed by atoms with Crippen LogP contribution in [0.3, 0.4) is 0 Å². The van der Waals surface area contributed by atoms with Crippen molar-refractivity contribution in [1.29, 1.82) is 0 Å². The summed E-state index contributed by atoms with van der Waals surface area (Å²) in [4.78, 5) is 35.3. The van der Waals surface area contributed by atoms with Crippen molar-refractivity contribution < 1.29 is 37.6 Å². The normalized spacial score (nSPS) is 13.1. The molecule has 0 aliphatic rings. The van der Waals surface area contributed by atoms with Gasteiger partial charge in [0.05, 0.1) is 13.2 Å². The molecule has 77 heavy (non-hydrogen) atoms. The molecule has 0 fully saturated rings. The van der Waals surface area contributed by atoms with E-state index in [0.29, 0.717) is 6.42 Å². The smallest absolute Gasteiger partial charge is 0.462 e. The Labute approximate surface area is 477 Å². The molecular formula is C67H128NO8P. The van der Waals surface area contributed by atoms with Crippen molar-refractivity contribution in [1.82, 2.24) is 0 Å². The number of rotatable bonds is 64. The van der Waals surface area contributed by atoms with Crippen LogP contribution in [0.25, 0.3) is 0 Å². The molecule has 0 heterocycles. The summed E-state index contributed by atoms with van der Waals surface area (Å²) in [6, 6.07) is 0. The van der Waals surface area contributed by atoms with Crippen LogP contribution >= 0.6 is 7.82 Å². The van der Waals surface area contributed by atoms with Crippen molar-refractivity contribution in [2.24, 2.45) is 5.73 Å². The van der Waals surface area contributed by atoms with Gasteiger partial charge in [0.15, 0.2) is 6.10 Å². The third kappa shape index (κ3) is 63.3. The highest BCUT2D eigenvalue weighted by molar-refractivity contribution is 7.47. The Morgan fingerprint density at radius 3 is 1.00 bits per heavy atom. The Morgan fingerprint density at radius 1 is 0.390 bits per heavy atom. The van der Waals surface area contributed by atoms with Gasteiger partial charge >= 0.3 is 19.8 Å². The second-order valence-corrected chi connectivity index (χ2v) is 24.2. The number of hydrogen-bond donors (Lipinski definition) is 2. The number of hydrogen-bond acceptors (Lipinski definition) is 8. The number of phosphoric acid groups is 1. The fourth-order valence-electron chi connectivity index (χ4n) is 10.1. The van der Waals surface area contributed by atoms with E-state index in [1.807, 2.05) is 0 Å². The number of carbonyl (C=O) groups excluding carboxylic acids is 2. The summed E-state index contributed by atoms with van der Waals surface area (Å²) >= 11 is 0. The van der Waals surface area contributed by atoms with Crippen LogP contribution in [0.15, 0.2) is 36.5 Å². The summed E-state index contributed by atoms with van der Waals surface area (Å²) in [5, 5.41) is 0. The minimum Gasteiger partial charge on any atom is -0.462 e. The van der Waals surface area contributed by atoms with Crippen LogP contribution in [-0.4, -0.2) is 49.3 Å². The molecule has 0 aliphatic heterocycles. The summed E-state index contributed by atoms with van der Waals surface area (Å²) in [6.07, 6.45) is 78.0. The summed E-state index contributed by atoms with van der Waals surface area (Å²) in [5.74, 6) is -0.814. The van der Waals surface area contributed by atoms with Gasteiger partial charge in [-0.25, -0.2) is 4.57 Å². The largest absolute Gasteiger partial charge is 0.472 e. The molecule has 0 radical (unpaired) electrons. The lowest BCUT2D eigenvalue weighted by Crippen LogP contribution is -2.29. The van der Waals surface area contributed by atoms with Crippen LogP contribution in [0.2, 0.25) is 0 Å². The van der Waals surface area contributed by atoms with E-state index in [0.717, 1.165) is 51.4 Å². The fourth-order valence-corrected chi connectivity index (χ4v) is 10.8. The first-order chi connectivity index (χ1) is 37.8. The predicted molar refractivity (Wildman–Crippen MR) is 330 cm³/mol. The number of ether oxygens (including phenoxy) is 2. The molecule has 0 spiro atoms. The van der Waals surface area contributed by atoms with E-state index in [4.69, 9.17) is 24.3 Å². The van der Waals surface area contributed by atoms with Crippen LogP contribution in [-0.2, 0) is 32.7 Å². The van der Waals surface area contributed by atoms with Crippen molar-refractivity contribution in [3.63, 3.8) is 0 Å². The van der Waals surface area contributed by atoms with Crippen LogP contribution in [0.4, 0.5) is 0 Å². The molecule has 0 aromatic carbocycles. The molecule has 2 atom stereocenters. The van der Waals surface area contributed by atoms with E-state index < -0.39 is 26.5 Å². The number of carbonyl (C=O) groups is 2. The molecule has 0 bridgehead atoms. The van der Waals surface area contributed by atoms with E-state index in [1.54, 1.807) is 0 Å². The highest BCUT2D eigenvalue weighted by Gasteiger charge is 2.26. The quantitative estimate of drug-likeness (QED) is 0.0264. The second kappa shape index (κ2) is 63.4. The van der Waals surface area contributed by atoms with E-state index in [2.05, 4.69) is 50.3 Å². The van der Waals surface area contributed by atoms with Gasteiger partial charge in [-0.05, 0) is 51.4 Å². The maximum Gasteiger partial charge on any atom is 0.472 e. The zero-order valence-electron chi connectivity index (χ0n) is 51.0. The molecule has 0 aliphatic carbocycles. The standard InChI is InChI=1S/C67H128NO8P/c1-3-5-7-9-11-13-15-17-19-21-23-25-27-29-30-31-32-33-34-36-37-39-41-43-45-47-49-51-53-55-57-59-66(69)73-63-65(64-75-77(71,72)74-62-61-68)76-67(70)60-58-56-54-52-50-48-46-44-42-40-38-35-28-26-24-22-20-18-16-14-12-10-8-6-4-2/h16,18,22,24,28,35,65H,3-15,17,19-21,23,25-27,29-34,36-64,68H2,1-2H3,(H,71,72)/b18-16-,24-22-,35-28-. The van der Waals surface area contributed by atoms with Gasteiger partial charge in [0, 0.05) is 19.4 Å². The highest BCUT2D eigenvalue weighted by atomic mass is 31.2. The summed E-state index contributed by atoms with van der Waals surface area (Å²) < 4.78 is 33.1. The highest BCUT2D eigenvalue weighted by Crippen LogP contribution is 2.43. The van der Waals surface area contributed by atoms with Crippen molar-refractivity contribution in [2.45, 2.75) is 354 Å². The molecule has 0 amide bonds. The monoisotopic (exact) mass is 1110 g/mol. The summed E-state index contributed by atoms with van der Waals surface area (Å²) in [5.41, 5.74) is 5.40. The fraction of sp³-hybridized carbons (Fsp3) is 0.881. The van der Waals surface area contributed by atoms with Gasteiger partial charge in [-0.2, -0.15) is 0 Å². The Bertz CT molecular complexity index is 1350. The lowest BCUT2D eigenvalue weighted by molar-refractivity contribution is -0.161. The van der Waals surface area contributed by atoms with Gasteiger partial charge in [-0.1, -0.05) is 320 Å². The maximum absolute atomic E-state index is 12.7. The third-order valence-electron chi connectivity index (χ3n) is 15.0. The van der Waals surface area contributed by atoms with E-state index in [-0.39, 0.29) is 38.6 Å². The topological polar surface area (TPSA) is 134 Å². The zero-order chi connectivity index (χ0) is 55.9. The summed E-state index contributed by atoms with van der Waals surface area (Å²) in [6.45, 7) is 3.79. The molecular weight excluding hydrogens is 978 g/mol. The molecule has 0 saturated carbocycles. The molecule has 2 unspecified atom stereocenters. The minimum atomic E-state index is -4.39. The first-order valence-electron chi connectivity index (χ1n) is 33.5. The van der Waals surface area contributed by atoms with Crippen molar-refractivity contribution >= 4 is 19.8 Å². The second-order valence-electron chi connectivity index (χ2n) is 22.7. The molecule has 9 nitrogen and oxygen atoms in total.